The number of aliphatic hydroxyl groups excluding tert-OH is 1. The van der Waals surface area contributed by atoms with Gasteiger partial charge in [-0.05, 0) is 48.9 Å². The smallest absolute Gasteiger partial charge is 0.227 e. The van der Waals surface area contributed by atoms with Crippen LogP contribution in [0.15, 0.2) is 23.1 Å². The lowest BCUT2D eigenvalue weighted by molar-refractivity contribution is 0.143. The highest BCUT2D eigenvalue weighted by molar-refractivity contribution is 7.85. The first kappa shape index (κ1) is 18.3. The molecule has 8 heteroatoms. The van der Waals surface area contributed by atoms with Crippen LogP contribution in [-0.4, -0.2) is 43.7 Å². The fourth-order valence-electron chi connectivity index (χ4n) is 4.28. The molecule has 1 saturated carbocycles. The third kappa shape index (κ3) is 3.09. The van der Waals surface area contributed by atoms with Gasteiger partial charge in [-0.15, -0.1) is 0 Å². The van der Waals surface area contributed by atoms with Gasteiger partial charge in [-0.2, -0.15) is 4.98 Å². The second-order valence-electron chi connectivity index (χ2n) is 7.95. The van der Waals surface area contributed by atoms with Gasteiger partial charge in [0.25, 0.3) is 0 Å². The van der Waals surface area contributed by atoms with Crippen molar-refractivity contribution in [2.24, 2.45) is 0 Å². The lowest BCUT2D eigenvalue weighted by Gasteiger charge is -2.41. The monoisotopic (exact) mass is 418 g/mol. The number of halogens is 1. The number of fused-ring (bicyclic) bond motifs is 2. The molecule has 1 aromatic heterocycles. The van der Waals surface area contributed by atoms with Crippen LogP contribution in [0.25, 0.3) is 0 Å². The molecule has 1 aromatic carbocycles. The number of hydrogen-bond acceptors (Lipinski definition) is 6. The van der Waals surface area contributed by atoms with E-state index in [1.807, 2.05) is 12.1 Å². The van der Waals surface area contributed by atoms with Gasteiger partial charge in [-0.3, -0.25) is 4.21 Å². The van der Waals surface area contributed by atoms with E-state index >= 15 is 0 Å². The summed E-state index contributed by atoms with van der Waals surface area (Å²) in [6, 6.07) is 6.03. The molecule has 1 aliphatic carbocycles. The van der Waals surface area contributed by atoms with Gasteiger partial charge in [0.2, 0.25) is 5.95 Å². The number of nitrogens with one attached hydrogen (secondary N) is 1. The molecule has 2 N–H and O–H groups in total. The van der Waals surface area contributed by atoms with E-state index in [4.69, 9.17) is 21.6 Å². The van der Waals surface area contributed by atoms with E-state index in [2.05, 4.69) is 16.3 Å². The zero-order valence-electron chi connectivity index (χ0n) is 15.6. The third-order valence-electron chi connectivity index (χ3n) is 6.14. The van der Waals surface area contributed by atoms with Gasteiger partial charge in [0.1, 0.15) is 10.7 Å². The van der Waals surface area contributed by atoms with Crippen molar-refractivity contribution < 1.29 is 9.32 Å². The minimum absolute atomic E-state index is 0.0611. The molecule has 1 fully saturated rings. The van der Waals surface area contributed by atoms with Crippen LogP contribution in [0.1, 0.15) is 36.1 Å². The summed E-state index contributed by atoms with van der Waals surface area (Å²) in [5, 5.41) is 14.1. The molecule has 5 rings (SSSR count). The zero-order chi connectivity index (χ0) is 19.3. The Morgan fingerprint density at radius 1 is 1.25 bits per heavy atom. The van der Waals surface area contributed by atoms with Crippen LogP contribution in [0.4, 0.5) is 11.8 Å². The maximum absolute atomic E-state index is 12.6. The van der Waals surface area contributed by atoms with E-state index in [9.17, 15) is 9.32 Å². The molecule has 0 amide bonds. The largest absolute Gasteiger partial charge is 0.394 e. The first-order valence-corrected chi connectivity index (χ1v) is 11.5. The van der Waals surface area contributed by atoms with Crippen molar-refractivity contribution in [2.75, 3.05) is 29.1 Å². The number of rotatable bonds is 4. The van der Waals surface area contributed by atoms with Gasteiger partial charge in [0.05, 0.1) is 28.6 Å². The number of benzene rings is 1. The van der Waals surface area contributed by atoms with Crippen molar-refractivity contribution >= 4 is 34.2 Å². The summed E-state index contributed by atoms with van der Waals surface area (Å²) in [7, 11) is -1.08. The van der Waals surface area contributed by atoms with Crippen LogP contribution in [0.3, 0.4) is 0 Å². The average Bonchev–Trinajstić information content (AvgIpc) is 3.05. The molecule has 0 saturated heterocycles. The molecule has 6 nitrogen and oxygen atoms in total. The fraction of sp³-hybridized carbons (Fsp3) is 0.500. The van der Waals surface area contributed by atoms with Crippen molar-refractivity contribution in [3.05, 3.63) is 40.0 Å². The van der Waals surface area contributed by atoms with Crippen LogP contribution >= 0.6 is 11.6 Å². The second kappa shape index (κ2) is 6.97. The topological polar surface area (TPSA) is 78.4 Å². The van der Waals surface area contributed by atoms with Gasteiger partial charge in [-0.25, -0.2) is 4.98 Å². The molecule has 0 spiro atoms. The summed E-state index contributed by atoms with van der Waals surface area (Å²) < 4.78 is 12.6. The van der Waals surface area contributed by atoms with E-state index in [-0.39, 0.29) is 12.1 Å². The summed E-state index contributed by atoms with van der Waals surface area (Å²) in [5.41, 5.74) is 3.05. The maximum Gasteiger partial charge on any atom is 0.227 e. The summed E-state index contributed by atoms with van der Waals surface area (Å²) in [4.78, 5) is 12.5. The quantitative estimate of drug-likeness (QED) is 0.794. The summed E-state index contributed by atoms with van der Waals surface area (Å²) in [5.74, 6) is 1.91. The minimum atomic E-state index is -1.08. The van der Waals surface area contributed by atoms with Crippen molar-refractivity contribution in [1.29, 1.82) is 0 Å². The van der Waals surface area contributed by atoms with E-state index in [0.717, 1.165) is 54.4 Å². The Hall–Kier alpha value is -1.70. The van der Waals surface area contributed by atoms with Gasteiger partial charge in [-0.1, -0.05) is 17.7 Å². The number of aryl methyl sites for hydroxylation is 1. The summed E-state index contributed by atoms with van der Waals surface area (Å²) >= 11 is 6.13. The van der Waals surface area contributed by atoms with E-state index in [0.29, 0.717) is 23.9 Å². The molecular formula is C20H23ClN4O2S. The van der Waals surface area contributed by atoms with Crippen molar-refractivity contribution in [3.8, 4) is 0 Å². The van der Waals surface area contributed by atoms with Crippen molar-refractivity contribution in [3.63, 3.8) is 0 Å². The summed E-state index contributed by atoms with van der Waals surface area (Å²) in [6.07, 6.45) is 4.50. The Bertz CT molecular complexity index is 958. The number of aromatic nitrogens is 2. The van der Waals surface area contributed by atoms with Gasteiger partial charge < -0.3 is 15.3 Å². The first-order valence-electron chi connectivity index (χ1n) is 9.77. The van der Waals surface area contributed by atoms with Gasteiger partial charge in [0, 0.05) is 30.3 Å². The van der Waals surface area contributed by atoms with Gasteiger partial charge in [0.15, 0.2) is 0 Å². The van der Waals surface area contributed by atoms with Crippen molar-refractivity contribution in [2.45, 2.75) is 49.1 Å². The Labute approximate surface area is 171 Å². The van der Waals surface area contributed by atoms with E-state index in [1.165, 1.54) is 11.1 Å². The Balaban J connectivity index is 1.50. The van der Waals surface area contributed by atoms with E-state index in [1.54, 1.807) is 0 Å². The number of aliphatic hydroxyl groups is 1. The minimum Gasteiger partial charge on any atom is -0.394 e. The zero-order valence-corrected chi connectivity index (χ0v) is 17.2. The average molecular weight is 419 g/mol. The highest BCUT2D eigenvalue weighted by Crippen LogP contribution is 2.38. The van der Waals surface area contributed by atoms with Crippen molar-refractivity contribution in [1.82, 2.24) is 9.97 Å². The maximum atomic E-state index is 12.6. The number of hydrogen-bond donors (Lipinski definition) is 2. The Morgan fingerprint density at radius 2 is 2.11 bits per heavy atom. The SMILES string of the molecule is O=[S@]1CCc2nc(N3CCc4cc(Cl)ccc4C3)nc(NC3(CO)CCC3)c21. The van der Waals surface area contributed by atoms with E-state index < -0.39 is 10.8 Å². The molecule has 0 radical (unpaired) electrons. The molecule has 2 aromatic rings. The molecular weight excluding hydrogens is 396 g/mol. The Morgan fingerprint density at radius 3 is 2.86 bits per heavy atom. The van der Waals surface area contributed by atoms with Crippen LogP contribution in [0, 0.1) is 0 Å². The molecule has 28 heavy (non-hydrogen) atoms. The normalized spacial score (nSPS) is 22.4. The standard InChI is InChI=1S/C20H23ClN4O2S/c21-15-3-2-14-11-25(8-4-13(14)10-15)19-22-16-5-9-28(27)17(16)18(23-19)24-20(12-26)6-1-7-20/h2-3,10,26H,1,4-9,11-12H2,(H,22,23,24)/t28-/m0/s1. The summed E-state index contributed by atoms with van der Waals surface area (Å²) in [6.45, 7) is 1.62. The fourth-order valence-corrected chi connectivity index (χ4v) is 5.78. The number of nitrogens with zero attached hydrogens (tertiary/aromatic N) is 3. The molecule has 0 bridgehead atoms. The lowest BCUT2D eigenvalue weighted by Crippen LogP contribution is -2.48. The second-order valence-corrected chi connectivity index (χ2v) is 9.89. The number of anilines is 2. The van der Waals surface area contributed by atoms with Gasteiger partial charge >= 0.3 is 0 Å². The molecule has 3 aliphatic rings. The molecule has 148 valence electrons. The third-order valence-corrected chi connectivity index (χ3v) is 7.83. The predicted molar refractivity (Wildman–Crippen MR) is 111 cm³/mol. The molecule has 0 unspecified atom stereocenters. The first-order chi connectivity index (χ1) is 13.6. The lowest BCUT2D eigenvalue weighted by atomic mass is 9.77. The molecule has 3 heterocycles. The highest BCUT2D eigenvalue weighted by Gasteiger charge is 2.39. The predicted octanol–water partition coefficient (Wildman–Crippen LogP) is 2.68. The highest BCUT2D eigenvalue weighted by atomic mass is 35.5. The van der Waals surface area contributed by atoms with Crippen LogP contribution in [0.5, 0.6) is 0 Å². The van der Waals surface area contributed by atoms with Crippen LogP contribution in [-0.2, 0) is 30.2 Å². The van der Waals surface area contributed by atoms with Crippen LogP contribution < -0.4 is 10.2 Å². The molecule has 1 atom stereocenters. The molecule has 2 aliphatic heterocycles. The Kier molecular flexibility index (Phi) is 4.56. The van der Waals surface area contributed by atoms with Crippen LogP contribution in [0.2, 0.25) is 5.02 Å².